The predicted octanol–water partition coefficient (Wildman–Crippen LogP) is 4.51. The highest BCUT2D eigenvalue weighted by Crippen LogP contribution is 2.26. The van der Waals surface area contributed by atoms with Crippen molar-refractivity contribution in [2.24, 2.45) is 0 Å². The van der Waals surface area contributed by atoms with Gasteiger partial charge in [0.15, 0.2) is 0 Å². The maximum atomic E-state index is 12.3. The van der Waals surface area contributed by atoms with Crippen LogP contribution in [0.4, 0.5) is 0 Å². The lowest BCUT2D eigenvalue weighted by Crippen LogP contribution is -2.28. The molecule has 0 bridgehead atoms. The van der Waals surface area contributed by atoms with Crippen molar-refractivity contribution >= 4 is 28.5 Å². The van der Waals surface area contributed by atoms with Gasteiger partial charge in [-0.05, 0) is 36.8 Å². The third-order valence-electron chi connectivity index (χ3n) is 3.94. The van der Waals surface area contributed by atoms with Crippen LogP contribution in [0.25, 0.3) is 11.0 Å². The summed E-state index contributed by atoms with van der Waals surface area (Å²) in [5, 5.41) is 4.56. The molecule has 1 aromatic heterocycles. The molecule has 0 aliphatic rings. The normalized spacial score (nSPS) is 12.1. The topological polar surface area (TPSA) is 51.5 Å². The maximum absolute atomic E-state index is 12.3. The standard InChI is InChI=1S/C19H18ClNO3/c1-12(13-4-3-5-15(20)8-13)21-19(22)9-14-11-24-18-10-16(23-2)6-7-17(14)18/h3-8,10-12H,9H2,1-2H3,(H,21,22). The Kier molecular flexibility index (Phi) is 4.76. The molecule has 0 saturated heterocycles. The molecule has 0 saturated carbocycles. The number of hydrogen-bond acceptors (Lipinski definition) is 3. The predicted molar refractivity (Wildman–Crippen MR) is 94.5 cm³/mol. The molecule has 0 aliphatic heterocycles. The number of hydrogen-bond donors (Lipinski definition) is 1. The van der Waals surface area contributed by atoms with Crippen LogP contribution in [0.2, 0.25) is 5.02 Å². The quantitative estimate of drug-likeness (QED) is 0.741. The third kappa shape index (κ3) is 3.54. The van der Waals surface area contributed by atoms with Crippen LogP contribution in [0.15, 0.2) is 53.1 Å². The van der Waals surface area contributed by atoms with Gasteiger partial charge in [0.25, 0.3) is 0 Å². The van der Waals surface area contributed by atoms with E-state index < -0.39 is 0 Å². The van der Waals surface area contributed by atoms with Gasteiger partial charge in [-0.15, -0.1) is 0 Å². The molecule has 3 aromatic rings. The first-order valence-electron chi connectivity index (χ1n) is 7.66. The van der Waals surface area contributed by atoms with E-state index in [9.17, 15) is 4.79 Å². The van der Waals surface area contributed by atoms with Crippen LogP contribution in [0.3, 0.4) is 0 Å². The lowest BCUT2D eigenvalue weighted by Gasteiger charge is -2.14. The monoisotopic (exact) mass is 343 g/mol. The van der Waals surface area contributed by atoms with E-state index >= 15 is 0 Å². The molecular weight excluding hydrogens is 326 g/mol. The van der Waals surface area contributed by atoms with Crippen molar-refractivity contribution in [3.8, 4) is 5.75 Å². The fourth-order valence-electron chi connectivity index (χ4n) is 2.65. The Morgan fingerprint density at radius 2 is 2.12 bits per heavy atom. The van der Waals surface area contributed by atoms with Gasteiger partial charge in [0, 0.05) is 22.0 Å². The van der Waals surface area contributed by atoms with Crippen molar-refractivity contribution in [1.82, 2.24) is 5.32 Å². The molecule has 1 atom stereocenters. The second kappa shape index (κ2) is 6.97. The molecule has 3 rings (SSSR count). The van der Waals surface area contributed by atoms with Gasteiger partial charge in [-0.1, -0.05) is 23.7 Å². The summed E-state index contributed by atoms with van der Waals surface area (Å²) in [5.74, 6) is 0.656. The third-order valence-corrected chi connectivity index (χ3v) is 4.18. The van der Waals surface area contributed by atoms with Crippen molar-refractivity contribution in [2.75, 3.05) is 7.11 Å². The summed E-state index contributed by atoms with van der Waals surface area (Å²) in [6, 6.07) is 12.9. The number of benzene rings is 2. The van der Waals surface area contributed by atoms with Gasteiger partial charge in [0.1, 0.15) is 11.3 Å². The smallest absolute Gasteiger partial charge is 0.225 e. The van der Waals surface area contributed by atoms with E-state index in [4.69, 9.17) is 20.8 Å². The number of carbonyl (C=O) groups is 1. The van der Waals surface area contributed by atoms with Crippen LogP contribution in [0.1, 0.15) is 24.1 Å². The molecule has 124 valence electrons. The highest BCUT2D eigenvalue weighted by molar-refractivity contribution is 6.30. The SMILES string of the molecule is COc1ccc2c(CC(=O)NC(C)c3cccc(Cl)c3)coc2c1. The first-order valence-corrected chi connectivity index (χ1v) is 8.03. The Morgan fingerprint density at radius 1 is 1.29 bits per heavy atom. The fourth-order valence-corrected chi connectivity index (χ4v) is 2.85. The number of fused-ring (bicyclic) bond motifs is 1. The van der Waals surface area contributed by atoms with Crippen LogP contribution >= 0.6 is 11.6 Å². The number of furan rings is 1. The minimum absolute atomic E-state index is 0.0685. The number of carbonyl (C=O) groups excluding carboxylic acids is 1. The van der Waals surface area contributed by atoms with Gasteiger partial charge >= 0.3 is 0 Å². The van der Waals surface area contributed by atoms with Crippen LogP contribution in [-0.4, -0.2) is 13.0 Å². The van der Waals surface area contributed by atoms with E-state index in [0.29, 0.717) is 10.6 Å². The van der Waals surface area contributed by atoms with E-state index in [1.807, 2.05) is 49.4 Å². The second-order valence-corrected chi connectivity index (χ2v) is 6.08. The minimum Gasteiger partial charge on any atom is -0.497 e. The van der Waals surface area contributed by atoms with Crippen LogP contribution in [0, 0.1) is 0 Å². The number of amides is 1. The molecule has 1 unspecified atom stereocenters. The molecule has 4 nitrogen and oxygen atoms in total. The van der Waals surface area contributed by atoms with E-state index in [1.165, 1.54) is 0 Å². The molecule has 2 aromatic carbocycles. The van der Waals surface area contributed by atoms with Gasteiger partial charge in [0.05, 0.1) is 25.8 Å². The van der Waals surface area contributed by atoms with E-state index in [-0.39, 0.29) is 18.4 Å². The largest absolute Gasteiger partial charge is 0.497 e. The second-order valence-electron chi connectivity index (χ2n) is 5.64. The summed E-state index contributed by atoms with van der Waals surface area (Å²) in [4.78, 5) is 12.3. The first-order chi connectivity index (χ1) is 11.6. The zero-order chi connectivity index (χ0) is 17.1. The van der Waals surface area contributed by atoms with Gasteiger partial charge in [-0.25, -0.2) is 0 Å². The van der Waals surface area contributed by atoms with Gasteiger partial charge in [-0.3, -0.25) is 4.79 Å². The van der Waals surface area contributed by atoms with Crippen LogP contribution < -0.4 is 10.1 Å². The number of halogens is 1. The molecule has 0 aliphatic carbocycles. The Morgan fingerprint density at radius 3 is 2.88 bits per heavy atom. The van der Waals surface area contributed by atoms with E-state index in [1.54, 1.807) is 13.4 Å². The van der Waals surface area contributed by atoms with Gasteiger partial charge < -0.3 is 14.5 Å². The highest BCUT2D eigenvalue weighted by atomic mass is 35.5. The average Bonchev–Trinajstić information content (AvgIpc) is 2.96. The molecule has 1 N–H and O–H groups in total. The molecule has 5 heteroatoms. The van der Waals surface area contributed by atoms with Crippen LogP contribution in [0.5, 0.6) is 5.75 Å². The lowest BCUT2D eigenvalue weighted by molar-refractivity contribution is -0.121. The number of nitrogens with one attached hydrogen (secondary N) is 1. The maximum Gasteiger partial charge on any atom is 0.225 e. The Bertz CT molecular complexity index is 872. The molecule has 0 fully saturated rings. The number of methoxy groups -OCH3 is 1. The summed E-state index contributed by atoms with van der Waals surface area (Å²) < 4.78 is 10.7. The first kappa shape index (κ1) is 16.4. The lowest BCUT2D eigenvalue weighted by atomic mass is 10.1. The highest BCUT2D eigenvalue weighted by Gasteiger charge is 2.14. The molecular formula is C19H18ClNO3. The summed E-state index contributed by atoms with van der Waals surface area (Å²) in [6.07, 6.45) is 1.87. The Balaban J connectivity index is 1.71. The van der Waals surface area contributed by atoms with E-state index in [0.717, 1.165) is 22.3 Å². The van der Waals surface area contributed by atoms with Crippen molar-refractivity contribution in [3.05, 3.63) is 64.9 Å². The molecule has 1 amide bonds. The van der Waals surface area contributed by atoms with E-state index in [2.05, 4.69) is 5.32 Å². The summed E-state index contributed by atoms with van der Waals surface area (Å²) >= 11 is 6.00. The van der Waals surface area contributed by atoms with Crippen molar-refractivity contribution in [1.29, 1.82) is 0 Å². The summed E-state index contributed by atoms with van der Waals surface area (Å²) in [6.45, 7) is 1.93. The van der Waals surface area contributed by atoms with Gasteiger partial charge in [0.2, 0.25) is 5.91 Å². The summed E-state index contributed by atoms with van der Waals surface area (Å²) in [7, 11) is 1.61. The summed E-state index contributed by atoms with van der Waals surface area (Å²) in [5.41, 5.74) is 2.53. The average molecular weight is 344 g/mol. The van der Waals surface area contributed by atoms with Crippen LogP contribution in [-0.2, 0) is 11.2 Å². The zero-order valence-corrected chi connectivity index (χ0v) is 14.3. The van der Waals surface area contributed by atoms with Crippen molar-refractivity contribution in [3.63, 3.8) is 0 Å². The Hall–Kier alpha value is -2.46. The fraction of sp³-hybridized carbons (Fsp3) is 0.211. The molecule has 24 heavy (non-hydrogen) atoms. The number of ether oxygens (including phenoxy) is 1. The van der Waals surface area contributed by atoms with Gasteiger partial charge in [-0.2, -0.15) is 0 Å². The minimum atomic E-state index is -0.116. The molecule has 1 heterocycles. The molecule has 0 radical (unpaired) electrons. The molecule has 0 spiro atoms. The van der Waals surface area contributed by atoms with Crippen molar-refractivity contribution < 1.29 is 13.9 Å². The Labute approximate surface area is 145 Å². The van der Waals surface area contributed by atoms with Crippen molar-refractivity contribution in [2.45, 2.75) is 19.4 Å². The zero-order valence-electron chi connectivity index (χ0n) is 13.5. The number of rotatable bonds is 5.